The first-order chi connectivity index (χ1) is 12.7. The molecule has 0 bridgehead atoms. The van der Waals surface area contributed by atoms with E-state index < -0.39 is 0 Å². The normalized spacial score (nSPS) is 15.5. The fraction of sp³-hybridized carbons (Fsp3) is 0.250. The van der Waals surface area contributed by atoms with Gasteiger partial charge in [0.15, 0.2) is 0 Å². The van der Waals surface area contributed by atoms with Gasteiger partial charge in [0.25, 0.3) is 5.69 Å². The van der Waals surface area contributed by atoms with Gasteiger partial charge >= 0.3 is 0 Å². The molecule has 0 atom stereocenters. The summed E-state index contributed by atoms with van der Waals surface area (Å²) < 4.78 is 2.24. The number of aliphatic imine (C=N–C) groups is 1. The van der Waals surface area contributed by atoms with E-state index in [9.17, 15) is 10.1 Å². The molecule has 3 heterocycles. The van der Waals surface area contributed by atoms with Crippen molar-refractivity contribution in [2.75, 3.05) is 0 Å². The maximum Gasteiger partial charge on any atom is 0.269 e. The van der Waals surface area contributed by atoms with Gasteiger partial charge < -0.3 is 4.57 Å². The molecule has 0 fully saturated rings. The number of aryl methyl sites for hydroxylation is 1. The van der Waals surface area contributed by atoms with E-state index in [1.54, 1.807) is 24.3 Å². The number of nitro benzene ring substituents is 1. The summed E-state index contributed by atoms with van der Waals surface area (Å²) >= 11 is 1.90. The van der Waals surface area contributed by atoms with Crippen LogP contribution in [-0.4, -0.2) is 15.2 Å². The van der Waals surface area contributed by atoms with Gasteiger partial charge in [0, 0.05) is 34.3 Å². The quantitative estimate of drug-likeness (QED) is 0.490. The fourth-order valence-electron chi connectivity index (χ4n) is 3.94. The average Bonchev–Trinajstić information content (AvgIpc) is 3.24. The van der Waals surface area contributed by atoms with Crippen LogP contribution in [0.25, 0.3) is 5.00 Å². The smallest absolute Gasteiger partial charge is 0.269 e. The molecule has 1 aromatic carbocycles. The highest BCUT2D eigenvalue weighted by atomic mass is 32.1. The van der Waals surface area contributed by atoms with Crippen LogP contribution in [0, 0.1) is 10.1 Å². The maximum absolute atomic E-state index is 10.9. The predicted molar refractivity (Wildman–Crippen MR) is 103 cm³/mol. The van der Waals surface area contributed by atoms with Gasteiger partial charge in [-0.05, 0) is 55.5 Å². The number of benzene rings is 1. The third kappa shape index (κ3) is 2.33. The van der Waals surface area contributed by atoms with Gasteiger partial charge in [-0.2, -0.15) is 0 Å². The number of hydrogen-bond acceptors (Lipinski definition) is 4. The molecule has 0 saturated heterocycles. The Hall–Kier alpha value is -2.73. The van der Waals surface area contributed by atoms with Gasteiger partial charge in [0.2, 0.25) is 0 Å². The molecule has 0 amide bonds. The lowest BCUT2D eigenvalue weighted by atomic mass is 9.95. The SMILES string of the molecule is O=[N+]([O-])c1ccc(C2=NCc3c(sc4c3CCCC4)-n3cccc32)cc1. The van der Waals surface area contributed by atoms with Crippen LogP contribution in [0.15, 0.2) is 47.6 Å². The summed E-state index contributed by atoms with van der Waals surface area (Å²) in [7, 11) is 0. The van der Waals surface area contributed by atoms with Crippen molar-refractivity contribution < 1.29 is 4.92 Å². The highest BCUT2D eigenvalue weighted by Gasteiger charge is 2.26. The first-order valence-electron chi connectivity index (χ1n) is 8.83. The first kappa shape index (κ1) is 15.5. The number of nitrogens with zero attached hydrogens (tertiary/aromatic N) is 3. The van der Waals surface area contributed by atoms with E-state index in [1.807, 2.05) is 17.4 Å². The number of nitro groups is 1. The third-order valence-electron chi connectivity index (χ3n) is 5.22. The number of aromatic nitrogens is 1. The largest absolute Gasteiger partial charge is 0.306 e. The zero-order valence-corrected chi connectivity index (χ0v) is 15.0. The minimum absolute atomic E-state index is 0.103. The molecule has 130 valence electrons. The molecule has 0 unspecified atom stereocenters. The standard InChI is InChI=1S/C20H17N3O2S/c24-23(25)14-9-7-13(8-10-14)19-17-5-3-11-22(17)20-16(12-21-19)15-4-1-2-6-18(15)26-20/h3,5,7-11H,1-2,4,6,12H2. The first-order valence-corrected chi connectivity index (χ1v) is 9.65. The summed E-state index contributed by atoms with van der Waals surface area (Å²) in [4.78, 5) is 17.0. The van der Waals surface area contributed by atoms with Gasteiger partial charge in [-0.15, -0.1) is 11.3 Å². The van der Waals surface area contributed by atoms with Gasteiger partial charge in [0.1, 0.15) is 5.00 Å². The third-order valence-corrected chi connectivity index (χ3v) is 6.55. The molecule has 2 aliphatic rings. The van der Waals surface area contributed by atoms with Crippen molar-refractivity contribution in [3.8, 4) is 5.00 Å². The van der Waals surface area contributed by atoms with Crippen LogP contribution in [0.4, 0.5) is 5.69 Å². The molecule has 26 heavy (non-hydrogen) atoms. The molecule has 1 aliphatic heterocycles. The molecule has 5 nitrogen and oxygen atoms in total. The molecule has 0 N–H and O–H groups in total. The lowest BCUT2D eigenvalue weighted by Crippen LogP contribution is -2.07. The van der Waals surface area contributed by atoms with Crippen molar-refractivity contribution in [1.82, 2.24) is 4.57 Å². The van der Waals surface area contributed by atoms with E-state index >= 15 is 0 Å². The summed E-state index contributed by atoms with van der Waals surface area (Å²) in [5.74, 6) is 0. The van der Waals surface area contributed by atoms with E-state index in [4.69, 9.17) is 4.99 Å². The number of thiophene rings is 1. The Morgan fingerprint density at radius 3 is 2.69 bits per heavy atom. The zero-order chi connectivity index (χ0) is 17.7. The summed E-state index contributed by atoms with van der Waals surface area (Å²) in [6.07, 6.45) is 6.97. The van der Waals surface area contributed by atoms with Crippen LogP contribution in [0.2, 0.25) is 0 Å². The minimum atomic E-state index is -0.370. The second-order valence-electron chi connectivity index (χ2n) is 6.73. The van der Waals surface area contributed by atoms with Gasteiger partial charge in [-0.3, -0.25) is 15.1 Å². The van der Waals surface area contributed by atoms with Crippen LogP contribution < -0.4 is 0 Å². The Morgan fingerprint density at radius 2 is 1.88 bits per heavy atom. The Morgan fingerprint density at radius 1 is 1.08 bits per heavy atom. The van der Waals surface area contributed by atoms with Gasteiger partial charge in [-0.25, -0.2) is 0 Å². The molecular formula is C20H17N3O2S. The van der Waals surface area contributed by atoms with E-state index in [0.29, 0.717) is 6.54 Å². The van der Waals surface area contributed by atoms with Crippen LogP contribution in [-0.2, 0) is 19.4 Å². The van der Waals surface area contributed by atoms with Crippen LogP contribution in [0.1, 0.15) is 40.1 Å². The van der Waals surface area contributed by atoms with Crippen LogP contribution in [0.3, 0.4) is 0 Å². The lowest BCUT2D eigenvalue weighted by Gasteiger charge is -2.11. The second-order valence-corrected chi connectivity index (χ2v) is 7.81. The van der Waals surface area contributed by atoms with Crippen molar-refractivity contribution in [3.63, 3.8) is 0 Å². The minimum Gasteiger partial charge on any atom is -0.306 e. The van der Waals surface area contributed by atoms with E-state index in [-0.39, 0.29) is 10.6 Å². The molecule has 2 aromatic heterocycles. The van der Waals surface area contributed by atoms with Crippen LogP contribution >= 0.6 is 11.3 Å². The lowest BCUT2D eigenvalue weighted by molar-refractivity contribution is -0.384. The average molecular weight is 363 g/mol. The zero-order valence-electron chi connectivity index (χ0n) is 14.1. The molecule has 0 saturated carbocycles. The van der Waals surface area contributed by atoms with Crippen LogP contribution in [0.5, 0.6) is 0 Å². The Labute approximate surface area is 154 Å². The van der Waals surface area contributed by atoms with Gasteiger partial charge in [-0.1, -0.05) is 0 Å². The van der Waals surface area contributed by atoms with Crippen molar-refractivity contribution >= 4 is 22.7 Å². The highest BCUT2D eigenvalue weighted by molar-refractivity contribution is 7.15. The molecule has 6 heteroatoms. The Kier molecular flexibility index (Phi) is 3.53. The van der Waals surface area contributed by atoms with Crippen molar-refractivity contribution in [1.29, 1.82) is 0 Å². The van der Waals surface area contributed by atoms with Gasteiger partial charge in [0.05, 0.1) is 22.9 Å². The highest BCUT2D eigenvalue weighted by Crippen LogP contribution is 2.39. The maximum atomic E-state index is 10.9. The molecule has 3 aromatic rings. The molecule has 5 rings (SSSR count). The molecule has 0 radical (unpaired) electrons. The van der Waals surface area contributed by atoms with E-state index in [0.717, 1.165) is 23.4 Å². The number of hydrogen-bond donors (Lipinski definition) is 0. The summed E-state index contributed by atoms with van der Waals surface area (Å²) in [5.41, 5.74) is 5.84. The summed E-state index contributed by atoms with van der Waals surface area (Å²) in [5, 5.41) is 12.2. The summed E-state index contributed by atoms with van der Waals surface area (Å²) in [6, 6.07) is 10.8. The Bertz CT molecular complexity index is 1040. The molecule has 0 spiro atoms. The number of rotatable bonds is 2. The van der Waals surface area contributed by atoms with E-state index in [2.05, 4.69) is 16.8 Å². The number of fused-ring (bicyclic) bond motifs is 5. The van der Waals surface area contributed by atoms with Crippen molar-refractivity contribution in [3.05, 3.63) is 80.0 Å². The predicted octanol–water partition coefficient (Wildman–Crippen LogP) is 4.68. The summed E-state index contributed by atoms with van der Waals surface area (Å²) in [6.45, 7) is 0.676. The topological polar surface area (TPSA) is 60.4 Å². The van der Waals surface area contributed by atoms with Crippen molar-refractivity contribution in [2.45, 2.75) is 32.2 Å². The number of non-ortho nitro benzene ring substituents is 1. The second kappa shape index (κ2) is 5.92. The monoisotopic (exact) mass is 363 g/mol. The molecule has 1 aliphatic carbocycles. The molecular weight excluding hydrogens is 346 g/mol. The fourth-order valence-corrected chi connectivity index (χ4v) is 5.34. The Balaban J connectivity index is 1.63. The van der Waals surface area contributed by atoms with E-state index in [1.165, 1.54) is 40.3 Å². The van der Waals surface area contributed by atoms with Crippen molar-refractivity contribution in [2.24, 2.45) is 4.99 Å².